The van der Waals surface area contributed by atoms with Gasteiger partial charge < -0.3 is 5.32 Å². The number of carbonyl (C=O) groups is 1. The van der Waals surface area contributed by atoms with Crippen molar-refractivity contribution in [1.29, 1.82) is 0 Å². The van der Waals surface area contributed by atoms with Gasteiger partial charge in [-0.25, -0.2) is 13.8 Å². The maximum atomic E-state index is 13.4. The summed E-state index contributed by atoms with van der Waals surface area (Å²) in [4.78, 5) is 15.7. The first-order valence-electron chi connectivity index (χ1n) is 5.82. The number of benzene rings is 1. The van der Waals surface area contributed by atoms with Crippen LogP contribution in [0, 0.1) is 18.6 Å². The molecule has 0 unspecified atom stereocenters. The van der Waals surface area contributed by atoms with E-state index in [0.29, 0.717) is 5.69 Å². The second-order valence-electron chi connectivity index (χ2n) is 4.28. The molecule has 1 amide bonds. The molecule has 0 atom stereocenters. The number of hydrogen-bond donors (Lipinski definition) is 1. The fourth-order valence-electron chi connectivity index (χ4n) is 1.70. The molecule has 1 aromatic carbocycles. The highest BCUT2D eigenvalue weighted by Gasteiger charge is 2.14. The fraction of sp³-hybridized carbons (Fsp3) is 0.143. The number of aryl methyl sites for hydroxylation is 1. The van der Waals surface area contributed by atoms with Gasteiger partial charge in [0, 0.05) is 11.8 Å². The molecule has 104 valence electrons. The third kappa shape index (κ3) is 3.30. The van der Waals surface area contributed by atoms with E-state index in [1.165, 1.54) is 6.07 Å². The van der Waals surface area contributed by atoms with Gasteiger partial charge in [-0.3, -0.25) is 4.79 Å². The van der Waals surface area contributed by atoms with Gasteiger partial charge in [0.05, 0.1) is 12.1 Å². The highest BCUT2D eigenvalue weighted by atomic mass is 35.5. The summed E-state index contributed by atoms with van der Waals surface area (Å²) < 4.78 is 26.9. The molecule has 1 heterocycles. The molecule has 2 aromatic rings. The van der Waals surface area contributed by atoms with Crippen LogP contribution in [0.4, 0.5) is 14.5 Å². The van der Waals surface area contributed by atoms with E-state index in [1.807, 2.05) is 0 Å². The van der Waals surface area contributed by atoms with Crippen LogP contribution in [0.1, 0.15) is 11.1 Å². The van der Waals surface area contributed by atoms with Gasteiger partial charge in [0.15, 0.2) is 5.15 Å². The summed E-state index contributed by atoms with van der Waals surface area (Å²) in [6.45, 7) is 1.79. The Morgan fingerprint density at radius 2 is 2.00 bits per heavy atom. The summed E-state index contributed by atoms with van der Waals surface area (Å²) in [5.74, 6) is -2.08. The van der Waals surface area contributed by atoms with Gasteiger partial charge in [-0.05, 0) is 30.7 Å². The van der Waals surface area contributed by atoms with Crippen molar-refractivity contribution in [3.63, 3.8) is 0 Å². The van der Waals surface area contributed by atoms with Crippen molar-refractivity contribution in [1.82, 2.24) is 4.98 Å². The van der Waals surface area contributed by atoms with Gasteiger partial charge >= 0.3 is 0 Å². The molecular formula is C14H11ClF2N2O. The molecule has 6 heteroatoms. The van der Waals surface area contributed by atoms with E-state index in [0.717, 1.165) is 17.7 Å². The molecule has 0 saturated carbocycles. The molecule has 0 bridgehead atoms. The van der Waals surface area contributed by atoms with Gasteiger partial charge in [0.2, 0.25) is 5.91 Å². The first kappa shape index (κ1) is 14.4. The number of halogens is 3. The molecule has 0 spiro atoms. The summed E-state index contributed by atoms with van der Waals surface area (Å²) in [5.41, 5.74) is 0.844. The molecule has 0 saturated heterocycles. The smallest absolute Gasteiger partial charge is 0.229 e. The molecule has 20 heavy (non-hydrogen) atoms. The largest absolute Gasteiger partial charge is 0.323 e. The first-order chi connectivity index (χ1) is 9.47. The molecule has 3 nitrogen and oxygen atoms in total. The Kier molecular flexibility index (Phi) is 4.29. The van der Waals surface area contributed by atoms with E-state index in [4.69, 9.17) is 11.6 Å². The Balaban J connectivity index is 2.15. The lowest BCUT2D eigenvalue weighted by molar-refractivity contribution is -0.115. The number of nitrogens with one attached hydrogen (secondary N) is 1. The van der Waals surface area contributed by atoms with Crippen molar-refractivity contribution in [2.75, 3.05) is 5.32 Å². The van der Waals surface area contributed by atoms with Crippen LogP contribution in [0.5, 0.6) is 0 Å². The predicted octanol–water partition coefficient (Wildman–Crippen LogP) is 3.50. The first-order valence-corrected chi connectivity index (χ1v) is 6.20. The van der Waals surface area contributed by atoms with Gasteiger partial charge in [0.25, 0.3) is 0 Å². The van der Waals surface area contributed by atoms with Crippen molar-refractivity contribution >= 4 is 23.2 Å². The van der Waals surface area contributed by atoms with Crippen LogP contribution in [0.2, 0.25) is 5.15 Å². The van der Waals surface area contributed by atoms with Crippen LogP contribution < -0.4 is 5.32 Å². The minimum Gasteiger partial charge on any atom is -0.323 e. The van der Waals surface area contributed by atoms with Crippen molar-refractivity contribution in [3.05, 3.63) is 58.4 Å². The average Bonchev–Trinajstić information content (AvgIpc) is 2.38. The van der Waals surface area contributed by atoms with Crippen LogP contribution in [-0.4, -0.2) is 10.9 Å². The van der Waals surface area contributed by atoms with Gasteiger partial charge in [-0.2, -0.15) is 0 Å². The molecule has 0 aliphatic carbocycles. The average molecular weight is 297 g/mol. The monoisotopic (exact) mass is 296 g/mol. The summed E-state index contributed by atoms with van der Waals surface area (Å²) in [5, 5.41) is 2.61. The molecule has 0 fully saturated rings. The van der Waals surface area contributed by atoms with Crippen LogP contribution in [0.15, 0.2) is 30.5 Å². The zero-order valence-electron chi connectivity index (χ0n) is 10.6. The van der Waals surface area contributed by atoms with E-state index >= 15 is 0 Å². The second-order valence-corrected chi connectivity index (χ2v) is 4.63. The normalized spacial score (nSPS) is 10.4. The number of nitrogens with zero attached hydrogens (tertiary/aromatic N) is 1. The highest BCUT2D eigenvalue weighted by molar-refractivity contribution is 6.32. The van der Waals surface area contributed by atoms with Crippen LogP contribution in [0.25, 0.3) is 0 Å². The van der Waals surface area contributed by atoms with E-state index in [9.17, 15) is 13.6 Å². The van der Waals surface area contributed by atoms with Crippen molar-refractivity contribution in [3.8, 4) is 0 Å². The third-order valence-electron chi connectivity index (χ3n) is 2.65. The Morgan fingerprint density at radius 3 is 2.65 bits per heavy atom. The summed E-state index contributed by atoms with van der Waals surface area (Å²) in [6, 6.07) is 5.08. The molecule has 0 radical (unpaired) electrons. The number of carbonyl (C=O) groups excluding carboxylic acids is 1. The Morgan fingerprint density at radius 1 is 1.35 bits per heavy atom. The fourth-order valence-corrected chi connectivity index (χ4v) is 1.85. The lowest BCUT2D eigenvalue weighted by Crippen LogP contribution is -2.16. The lowest BCUT2D eigenvalue weighted by Gasteiger charge is -2.08. The van der Waals surface area contributed by atoms with Crippen molar-refractivity contribution < 1.29 is 13.6 Å². The standard InChI is InChI=1S/C14H11ClF2N2O/c1-8-5-12(14(15)18-7-8)19-13(20)6-9-10(16)3-2-4-11(9)17/h2-5,7H,6H2,1H3,(H,19,20). The van der Waals surface area contributed by atoms with Crippen molar-refractivity contribution in [2.45, 2.75) is 13.3 Å². The Labute approximate surface area is 119 Å². The SMILES string of the molecule is Cc1cnc(Cl)c(NC(=O)Cc2c(F)cccc2F)c1. The molecule has 2 rings (SSSR count). The quantitative estimate of drug-likeness (QED) is 0.881. The van der Waals surface area contributed by atoms with Crippen LogP contribution in [0.3, 0.4) is 0 Å². The van der Waals surface area contributed by atoms with E-state index in [-0.39, 0.29) is 10.7 Å². The van der Waals surface area contributed by atoms with E-state index in [1.54, 1.807) is 19.2 Å². The predicted molar refractivity (Wildman–Crippen MR) is 72.7 cm³/mol. The number of amides is 1. The van der Waals surface area contributed by atoms with Crippen LogP contribution in [-0.2, 0) is 11.2 Å². The summed E-state index contributed by atoms with van der Waals surface area (Å²) in [7, 11) is 0. The number of hydrogen-bond acceptors (Lipinski definition) is 2. The molecular weight excluding hydrogens is 286 g/mol. The summed E-state index contributed by atoms with van der Waals surface area (Å²) >= 11 is 5.83. The number of anilines is 1. The number of aromatic nitrogens is 1. The van der Waals surface area contributed by atoms with Crippen LogP contribution >= 0.6 is 11.6 Å². The third-order valence-corrected chi connectivity index (χ3v) is 2.95. The van der Waals surface area contributed by atoms with Gasteiger partial charge in [-0.1, -0.05) is 17.7 Å². The molecule has 0 aliphatic rings. The Hall–Kier alpha value is -2.01. The minimum absolute atomic E-state index is 0.123. The summed E-state index contributed by atoms with van der Waals surface area (Å²) in [6.07, 6.45) is 1.14. The number of pyridine rings is 1. The second kappa shape index (κ2) is 5.96. The van der Waals surface area contributed by atoms with E-state index < -0.39 is 24.0 Å². The van der Waals surface area contributed by atoms with E-state index in [2.05, 4.69) is 10.3 Å². The molecule has 0 aliphatic heterocycles. The molecule has 1 aromatic heterocycles. The maximum Gasteiger partial charge on any atom is 0.229 e. The topological polar surface area (TPSA) is 42.0 Å². The van der Waals surface area contributed by atoms with Gasteiger partial charge in [0.1, 0.15) is 11.6 Å². The lowest BCUT2D eigenvalue weighted by atomic mass is 10.1. The van der Waals surface area contributed by atoms with Gasteiger partial charge in [-0.15, -0.1) is 0 Å². The van der Waals surface area contributed by atoms with Crippen molar-refractivity contribution in [2.24, 2.45) is 0 Å². The maximum absolute atomic E-state index is 13.4. The molecule has 1 N–H and O–H groups in total. The zero-order chi connectivity index (χ0) is 14.7. The Bertz CT molecular complexity index is 641. The minimum atomic E-state index is -0.756. The highest BCUT2D eigenvalue weighted by Crippen LogP contribution is 2.20. The zero-order valence-corrected chi connectivity index (χ0v) is 11.3. The number of rotatable bonds is 3.